The molecule has 50 heavy (non-hydrogen) atoms. The molecule has 256 valence electrons. The lowest BCUT2D eigenvalue weighted by Crippen LogP contribution is -2.39. The van der Waals surface area contributed by atoms with Crippen LogP contribution in [0.3, 0.4) is 0 Å². The number of carbonyl (C=O) groups excluding carboxylic acids is 2. The summed E-state index contributed by atoms with van der Waals surface area (Å²) >= 11 is 1.20. The molecule has 6 rings (SSSR count). The molecule has 2 heterocycles. The second-order valence-electron chi connectivity index (χ2n) is 11.2. The van der Waals surface area contributed by atoms with E-state index in [1.54, 1.807) is 49.4 Å². The highest BCUT2D eigenvalue weighted by atomic mass is 32.1. The van der Waals surface area contributed by atoms with Crippen molar-refractivity contribution in [2.24, 2.45) is 4.99 Å². The zero-order valence-electron chi connectivity index (χ0n) is 28.1. The Morgan fingerprint density at radius 2 is 1.66 bits per heavy atom. The summed E-state index contributed by atoms with van der Waals surface area (Å²) in [5.41, 5.74) is 2.32. The van der Waals surface area contributed by atoms with Gasteiger partial charge in [-0.15, -0.1) is 0 Å². The first kappa shape index (κ1) is 34.0. The largest absolute Gasteiger partial charge is 0.493 e. The van der Waals surface area contributed by atoms with E-state index in [-0.39, 0.29) is 23.6 Å². The third-order valence-electron chi connectivity index (χ3n) is 8.14. The first-order valence-electron chi connectivity index (χ1n) is 15.8. The number of hydrogen-bond donors (Lipinski definition) is 1. The van der Waals surface area contributed by atoms with Gasteiger partial charge >= 0.3 is 5.97 Å². The summed E-state index contributed by atoms with van der Waals surface area (Å²) in [7, 11) is 4.34. The van der Waals surface area contributed by atoms with Gasteiger partial charge in [0.1, 0.15) is 0 Å². The van der Waals surface area contributed by atoms with Gasteiger partial charge in [0.25, 0.3) is 11.5 Å². The molecule has 4 aromatic carbocycles. The molecule has 1 atom stereocenters. The van der Waals surface area contributed by atoms with Gasteiger partial charge < -0.3 is 29.0 Å². The summed E-state index contributed by atoms with van der Waals surface area (Å²) in [5.74, 6) is 0.835. The van der Waals surface area contributed by atoms with E-state index in [1.165, 1.54) is 37.2 Å². The number of anilines is 1. The number of ether oxygens (including phenoxy) is 5. The highest BCUT2D eigenvalue weighted by Crippen LogP contribution is 2.36. The predicted molar refractivity (Wildman–Crippen MR) is 191 cm³/mol. The van der Waals surface area contributed by atoms with Crippen LogP contribution >= 0.6 is 11.3 Å². The van der Waals surface area contributed by atoms with Gasteiger partial charge in [0, 0.05) is 11.1 Å². The van der Waals surface area contributed by atoms with Gasteiger partial charge in [-0.25, -0.2) is 9.79 Å². The summed E-state index contributed by atoms with van der Waals surface area (Å²) in [6.07, 6.45) is 1.73. The van der Waals surface area contributed by atoms with E-state index in [4.69, 9.17) is 23.7 Å². The fourth-order valence-electron chi connectivity index (χ4n) is 5.85. The fraction of sp³-hybridized carbons (Fsp3) is 0.211. The third kappa shape index (κ3) is 6.70. The minimum Gasteiger partial charge on any atom is -0.493 e. The highest BCUT2D eigenvalue weighted by Gasteiger charge is 2.33. The molecule has 0 bridgehead atoms. The van der Waals surface area contributed by atoms with Gasteiger partial charge in [-0.05, 0) is 66.8 Å². The monoisotopic (exact) mass is 693 g/mol. The van der Waals surface area contributed by atoms with E-state index in [2.05, 4.69) is 10.3 Å². The molecule has 0 unspecified atom stereocenters. The summed E-state index contributed by atoms with van der Waals surface area (Å²) in [5, 5.41) is 4.87. The highest BCUT2D eigenvalue weighted by molar-refractivity contribution is 7.07. The topological polar surface area (TPSA) is 127 Å². The molecule has 11 nitrogen and oxygen atoms in total. The summed E-state index contributed by atoms with van der Waals surface area (Å²) in [6.45, 7) is 3.67. The quantitative estimate of drug-likeness (QED) is 0.192. The number of rotatable bonds is 11. The molecular weight excluding hydrogens is 658 g/mol. The van der Waals surface area contributed by atoms with Crippen LogP contribution in [0.15, 0.2) is 99.9 Å². The molecular formula is C38H35N3O8S. The van der Waals surface area contributed by atoms with E-state index >= 15 is 0 Å². The normalized spacial score (nSPS) is 14.1. The standard InChI is InChI=1S/C38H35N3O8S/c1-6-48-31-18-23(14-16-29(31)49-21-33(42)40-27-13-9-11-24-10-7-8-12-26(24)27)19-32-36(43)41-35(25-15-17-28(45-3)30(20-25)46-4)34(37(44)47-5)22(2)39-38(41)50-32/h7-20,35H,6,21H2,1-5H3,(H,40,42)/b32-19+/t35-/m1/s1. The molecule has 0 saturated heterocycles. The van der Waals surface area contributed by atoms with Crippen LogP contribution in [0, 0.1) is 0 Å². The van der Waals surface area contributed by atoms with Crippen molar-refractivity contribution >= 4 is 45.7 Å². The average molecular weight is 694 g/mol. The first-order valence-corrected chi connectivity index (χ1v) is 16.6. The van der Waals surface area contributed by atoms with E-state index in [1.807, 2.05) is 49.4 Å². The Bertz CT molecular complexity index is 2320. The molecule has 1 aromatic heterocycles. The van der Waals surface area contributed by atoms with Crippen molar-refractivity contribution in [3.05, 3.63) is 121 Å². The molecule has 5 aromatic rings. The Hall–Kier alpha value is -5.88. The van der Waals surface area contributed by atoms with Crippen molar-refractivity contribution in [3.8, 4) is 23.0 Å². The second kappa shape index (κ2) is 14.7. The molecule has 0 fully saturated rings. The maximum Gasteiger partial charge on any atom is 0.338 e. The zero-order valence-corrected chi connectivity index (χ0v) is 29.0. The number of allylic oxidation sites excluding steroid dienone is 1. The van der Waals surface area contributed by atoms with Crippen LogP contribution in [-0.4, -0.2) is 51.0 Å². The maximum absolute atomic E-state index is 14.1. The Kier molecular flexibility index (Phi) is 10.0. The van der Waals surface area contributed by atoms with Crippen LogP contribution in [0.1, 0.15) is 31.0 Å². The molecule has 0 saturated carbocycles. The molecule has 0 spiro atoms. The number of hydrogen-bond acceptors (Lipinski definition) is 10. The van der Waals surface area contributed by atoms with Gasteiger partial charge in [0.15, 0.2) is 34.4 Å². The SMILES string of the molecule is CCOc1cc(/C=c2/sc3n(c2=O)[C@H](c2ccc(OC)c(OC)c2)C(C(=O)OC)=C(C)N=3)ccc1OCC(=O)Nc1cccc2ccccc12. The Labute approximate surface area is 291 Å². The number of aromatic nitrogens is 1. The van der Waals surface area contributed by atoms with Gasteiger partial charge in [-0.3, -0.25) is 14.2 Å². The number of amides is 1. The molecule has 12 heteroatoms. The number of nitrogens with one attached hydrogen (secondary N) is 1. The van der Waals surface area contributed by atoms with Crippen molar-refractivity contribution in [1.29, 1.82) is 0 Å². The van der Waals surface area contributed by atoms with E-state index in [0.717, 1.165) is 10.8 Å². The van der Waals surface area contributed by atoms with E-state index < -0.39 is 12.0 Å². The molecule has 1 aliphatic rings. The zero-order chi connectivity index (χ0) is 35.4. The first-order chi connectivity index (χ1) is 24.3. The lowest BCUT2D eigenvalue weighted by molar-refractivity contribution is -0.136. The minimum absolute atomic E-state index is 0.237. The number of nitrogens with zero attached hydrogens (tertiary/aromatic N) is 2. The van der Waals surface area contributed by atoms with Crippen LogP contribution in [0.25, 0.3) is 16.8 Å². The lowest BCUT2D eigenvalue weighted by atomic mass is 9.95. The van der Waals surface area contributed by atoms with Crippen LogP contribution < -0.4 is 39.2 Å². The molecule has 0 aliphatic carbocycles. The summed E-state index contributed by atoms with van der Waals surface area (Å²) in [4.78, 5) is 45.1. The molecule has 1 aliphatic heterocycles. The Balaban J connectivity index is 1.31. The van der Waals surface area contributed by atoms with Crippen molar-refractivity contribution in [2.75, 3.05) is 39.9 Å². The number of benzene rings is 4. The maximum atomic E-state index is 14.1. The molecule has 1 amide bonds. The van der Waals surface area contributed by atoms with E-state index in [9.17, 15) is 14.4 Å². The van der Waals surface area contributed by atoms with Gasteiger partial charge in [-0.1, -0.05) is 59.9 Å². The summed E-state index contributed by atoms with van der Waals surface area (Å²) < 4.78 is 29.7. The van der Waals surface area contributed by atoms with Gasteiger partial charge in [0.05, 0.1) is 49.8 Å². The predicted octanol–water partition coefficient (Wildman–Crippen LogP) is 4.99. The number of thiazole rings is 1. The van der Waals surface area contributed by atoms with E-state index in [0.29, 0.717) is 61.5 Å². The molecule has 1 N–H and O–H groups in total. The van der Waals surface area contributed by atoms with Crippen LogP contribution in [0.5, 0.6) is 23.0 Å². The van der Waals surface area contributed by atoms with Gasteiger partial charge in [-0.2, -0.15) is 0 Å². The summed E-state index contributed by atoms with van der Waals surface area (Å²) in [6, 6.07) is 23.1. The van der Waals surface area contributed by atoms with Crippen LogP contribution in [0.4, 0.5) is 5.69 Å². The lowest BCUT2D eigenvalue weighted by Gasteiger charge is -2.25. The second-order valence-corrected chi connectivity index (χ2v) is 12.2. The number of fused-ring (bicyclic) bond motifs is 2. The number of esters is 1. The van der Waals surface area contributed by atoms with Crippen molar-refractivity contribution in [3.63, 3.8) is 0 Å². The smallest absolute Gasteiger partial charge is 0.338 e. The van der Waals surface area contributed by atoms with Crippen molar-refractivity contribution < 1.29 is 33.3 Å². The van der Waals surface area contributed by atoms with Crippen LogP contribution in [-0.2, 0) is 14.3 Å². The Morgan fingerprint density at radius 3 is 2.42 bits per heavy atom. The average Bonchev–Trinajstić information content (AvgIpc) is 3.43. The van der Waals surface area contributed by atoms with Crippen molar-refractivity contribution in [1.82, 2.24) is 4.57 Å². The fourth-order valence-corrected chi connectivity index (χ4v) is 6.89. The molecule has 0 radical (unpaired) electrons. The minimum atomic E-state index is -0.824. The number of methoxy groups -OCH3 is 3. The van der Waals surface area contributed by atoms with Crippen molar-refractivity contribution in [2.45, 2.75) is 19.9 Å². The Morgan fingerprint density at radius 1 is 0.900 bits per heavy atom. The van der Waals surface area contributed by atoms with Crippen LogP contribution in [0.2, 0.25) is 0 Å². The third-order valence-corrected chi connectivity index (χ3v) is 9.12. The number of carbonyl (C=O) groups is 2. The van der Waals surface area contributed by atoms with Gasteiger partial charge in [0.2, 0.25) is 0 Å².